The molecule has 0 saturated carbocycles. The van der Waals surface area contributed by atoms with Gasteiger partial charge < -0.3 is 9.30 Å². The van der Waals surface area contributed by atoms with E-state index in [2.05, 4.69) is 9.97 Å². The van der Waals surface area contributed by atoms with E-state index in [1.54, 1.807) is 60.7 Å². The fourth-order valence-corrected chi connectivity index (χ4v) is 2.91. The predicted molar refractivity (Wildman–Crippen MR) is 103 cm³/mol. The monoisotopic (exact) mass is 373 g/mol. The molecule has 138 valence electrons. The maximum Gasteiger partial charge on any atom is 0.212 e. The van der Waals surface area contributed by atoms with E-state index in [9.17, 15) is 9.18 Å². The lowest BCUT2D eigenvalue weighted by Crippen LogP contribution is -2.01. The van der Waals surface area contributed by atoms with Crippen LogP contribution in [0.2, 0.25) is 0 Å². The van der Waals surface area contributed by atoms with E-state index in [1.807, 2.05) is 24.3 Å². The molecule has 4 aromatic rings. The first-order chi connectivity index (χ1) is 13.7. The largest absolute Gasteiger partial charge is 0.497 e. The normalized spacial score (nSPS) is 10.6. The van der Waals surface area contributed by atoms with Crippen molar-refractivity contribution in [3.63, 3.8) is 0 Å². The van der Waals surface area contributed by atoms with E-state index >= 15 is 0 Å². The van der Waals surface area contributed by atoms with Crippen molar-refractivity contribution in [1.29, 1.82) is 0 Å². The summed E-state index contributed by atoms with van der Waals surface area (Å²) in [5.41, 5.74) is 2.81. The maximum absolute atomic E-state index is 14.0. The van der Waals surface area contributed by atoms with Crippen LogP contribution in [-0.2, 0) is 0 Å². The Hall–Kier alpha value is -3.80. The van der Waals surface area contributed by atoms with E-state index in [4.69, 9.17) is 4.74 Å². The molecule has 0 unspecified atom stereocenters. The summed E-state index contributed by atoms with van der Waals surface area (Å²) in [5, 5.41) is 0. The summed E-state index contributed by atoms with van der Waals surface area (Å²) in [4.78, 5) is 20.7. The second-order valence-corrected chi connectivity index (χ2v) is 6.13. The molecule has 0 atom stereocenters. The minimum atomic E-state index is -0.388. The molecular formula is C22H16FN3O2. The minimum Gasteiger partial charge on any atom is -0.497 e. The molecule has 6 heteroatoms. The minimum absolute atomic E-state index is 0.183. The van der Waals surface area contributed by atoms with Gasteiger partial charge in [-0.25, -0.2) is 9.37 Å². The SMILES string of the molecule is COc1ccc(C(=O)c2cn(-c3cccc(-c4ccncc4F)c3)cn2)cc1. The van der Waals surface area contributed by atoms with Gasteiger partial charge in [-0.15, -0.1) is 0 Å². The standard InChI is InChI=1S/C22H16FN3O2/c1-28-18-7-5-15(6-8-18)22(27)21-13-26(14-25-21)17-4-2-3-16(11-17)19-9-10-24-12-20(19)23/h2-14H,1H3. The Morgan fingerprint density at radius 1 is 1.11 bits per heavy atom. The number of carbonyl (C=O) groups is 1. The van der Waals surface area contributed by atoms with Gasteiger partial charge in [-0.05, 0) is 48.0 Å². The van der Waals surface area contributed by atoms with Crippen molar-refractivity contribution in [1.82, 2.24) is 14.5 Å². The van der Waals surface area contributed by atoms with Crippen LogP contribution in [0, 0.1) is 5.82 Å². The fourth-order valence-electron chi connectivity index (χ4n) is 2.91. The summed E-state index contributed by atoms with van der Waals surface area (Å²) in [6.07, 6.45) is 5.96. The van der Waals surface area contributed by atoms with E-state index in [1.165, 1.54) is 6.20 Å². The highest BCUT2D eigenvalue weighted by atomic mass is 19.1. The molecule has 0 fully saturated rings. The lowest BCUT2D eigenvalue weighted by molar-refractivity contribution is 0.103. The quantitative estimate of drug-likeness (QED) is 0.489. The third-order valence-electron chi connectivity index (χ3n) is 4.40. The molecule has 5 nitrogen and oxygen atoms in total. The van der Waals surface area contributed by atoms with Crippen LogP contribution < -0.4 is 4.74 Å². The number of pyridine rings is 1. The van der Waals surface area contributed by atoms with Crippen LogP contribution in [0.15, 0.2) is 79.5 Å². The van der Waals surface area contributed by atoms with Crippen LogP contribution >= 0.6 is 0 Å². The fraction of sp³-hybridized carbons (Fsp3) is 0.0455. The summed E-state index contributed by atoms with van der Waals surface area (Å²) in [7, 11) is 1.57. The van der Waals surface area contributed by atoms with Gasteiger partial charge in [0, 0.05) is 29.2 Å². The second kappa shape index (κ2) is 7.44. The van der Waals surface area contributed by atoms with Crippen molar-refractivity contribution in [2.75, 3.05) is 7.11 Å². The van der Waals surface area contributed by atoms with Gasteiger partial charge >= 0.3 is 0 Å². The molecule has 0 aliphatic carbocycles. The molecule has 2 aromatic heterocycles. The molecule has 4 rings (SSSR count). The zero-order valence-electron chi connectivity index (χ0n) is 15.0. The number of benzene rings is 2. The number of ketones is 1. The van der Waals surface area contributed by atoms with E-state index in [0.29, 0.717) is 28.1 Å². The predicted octanol–water partition coefficient (Wildman–Crippen LogP) is 4.31. The van der Waals surface area contributed by atoms with Crippen molar-refractivity contribution >= 4 is 5.78 Å². The van der Waals surface area contributed by atoms with Crippen molar-refractivity contribution in [2.24, 2.45) is 0 Å². The number of methoxy groups -OCH3 is 1. The molecule has 0 radical (unpaired) electrons. The van der Waals surface area contributed by atoms with Gasteiger partial charge in [0.1, 0.15) is 23.6 Å². The number of hydrogen-bond acceptors (Lipinski definition) is 4. The number of hydrogen-bond donors (Lipinski definition) is 0. The maximum atomic E-state index is 14.0. The van der Waals surface area contributed by atoms with Gasteiger partial charge in [0.15, 0.2) is 0 Å². The number of carbonyl (C=O) groups excluding carboxylic acids is 1. The number of aromatic nitrogens is 3. The number of rotatable bonds is 5. The van der Waals surface area contributed by atoms with Crippen LogP contribution in [0.3, 0.4) is 0 Å². The topological polar surface area (TPSA) is 57.0 Å². The van der Waals surface area contributed by atoms with Crippen LogP contribution in [0.1, 0.15) is 16.1 Å². The van der Waals surface area contributed by atoms with Gasteiger partial charge in [0.25, 0.3) is 0 Å². The average molecular weight is 373 g/mol. The van der Waals surface area contributed by atoms with Crippen LogP contribution in [0.4, 0.5) is 4.39 Å². The molecule has 0 N–H and O–H groups in total. The summed E-state index contributed by atoms with van der Waals surface area (Å²) in [6, 6.07) is 15.8. The third kappa shape index (κ3) is 3.40. The smallest absolute Gasteiger partial charge is 0.212 e. The lowest BCUT2D eigenvalue weighted by Gasteiger charge is -2.07. The third-order valence-corrected chi connectivity index (χ3v) is 4.40. The highest BCUT2D eigenvalue weighted by Gasteiger charge is 2.13. The van der Waals surface area contributed by atoms with Gasteiger partial charge in [-0.1, -0.05) is 12.1 Å². The zero-order chi connectivity index (χ0) is 19.5. The Morgan fingerprint density at radius 2 is 1.93 bits per heavy atom. The Kier molecular flexibility index (Phi) is 4.68. The molecular weight excluding hydrogens is 357 g/mol. The van der Waals surface area contributed by atoms with Crippen molar-refractivity contribution in [3.05, 3.63) is 96.6 Å². The van der Waals surface area contributed by atoms with Gasteiger partial charge in [-0.3, -0.25) is 9.78 Å². The number of imidazole rings is 1. The first kappa shape index (κ1) is 17.6. The van der Waals surface area contributed by atoms with Crippen molar-refractivity contribution in [3.8, 4) is 22.6 Å². The van der Waals surface area contributed by atoms with Gasteiger partial charge in [-0.2, -0.15) is 0 Å². The zero-order valence-corrected chi connectivity index (χ0v) is 15.0. The van der Waals surface area contributed by atoms with Crippen LogP contribution in [-0.4, -0.2) is 27.4 Å². The Morgan fingerprint density at radius 3 is 2.68 bits per heavy atom. The summed E-state index contributed by atoms with van der Waals surface area (Å²) >= 11 is 0. The van der Waals surface area contributed by atoms with Gasteiger partial charge in [0.05, 0.1) is 13.3 Å². The second-order valence-electron chi connectivity index (χ2n) is 6.13. The number of nitrogens with zero attached hydrogens (tertiary/aromatic N) is 3. The summed E-state index contributed by atoms with van der Waals surface area (Å²) < 4.78 is 20.9. The lowest BCUT2D eigenvalue weighted by atomic mass is 10.1. The highest BCUT2D eigenvalue weighted by molar-refractivity contribution is 6.07. The summed E-state index contributed by atoms with van der Waals surface area (Å²) in [6.45, 7) is 0. The van der Waals surface area contributed by atoms with E-state index < -0.39 is 0 Å². The molecule has 2 aromatic carbocycles. The number of ether oxygens (including phenoxy) is 1. The molecule has 28 heavy (non-hydrogen) atoms. The molecule has 2 heterocycles. The van der Waals surface area contributed by atoms with Gasteiger partial charge in [0.2, 0.25) is 5.78 Å². The van der Waals surface area contributed by atoms with Crippen molar-refractivity contribution < 1.29 is 13.9 Å². The first-order valence-electron chi connectivity index (χ1n) is 8.59. The molecule has 0 spiro atoms. The van der Waals surface area contributed by atoms with Crippen molar-refractivity contribution in [2.45, 2.75) is 0 Å². The molecule has 0 amide bonds. The highest BCUT2D eigenvalue weighted by Crippen LogP contribution is 2.24. The summed E-state index contributed by atoms with van der Waals surface area (Å²) in [5.74, 6) is 0.112. The van der Waals surface area contributed by atoms with Crippen LogP contribution in [0.5, 0.6) is 5.75 Å². The Bertz CT molecular complexity index is 1140. The average Bonchev–Trinajstić information content (AvgIpc) is 3.24. The number of halogens is 1. The molecule has 0 aliphatic heterocycles. The Labute approximate surface area is 161 Å². The molecule has 0 saturated heterocycles. The van der Waals surface area contributed by atoms with E-state index in [0.717, 1.165) is 5.69 Å². The first-order valence-corrected chi connectivity index (χ1v) is 8.59. The van der Waals surface area contributed by atoms with E-state index in [-0.39, 0.29) is 11.6 Å². The molecule has 0 aliphatic rings. The van der Waals surface area contributed by atoms with Crippen LogP contribution in [0.25, 0.3) is 16.8 Å². The molecule has 0 bridgehead atoms. The Balaban J connectivity index is 1.63.